The lowest BCUT2D eigenvalue weighted by molar-refractivity contribution is 0.0599. The number of benzene rings is 1. The van der Waals surface area contributed by atoms with Crippen LogP contribution < -0.4 is 14.8 Å². The Morgan fingerprint density at radius 2 is 1.96 bits per heavy atom. The van der Waals surface area contributed by atoms with Gasteiger partial charge in [0.25, 0.3) is 5.91 Å². The summed E-state index contributed by atoms with van der Waals surface area (Å²) in [7, 11) is 1.34. The van der Waals surface area contributed by atoms with Crippen LogP contribution in [0.15, 0.2) is 18.2 Å². The molecule has 3 rings (SSSR count). The fraction of sp³-hybridized carbons (Fsp3) is 0.400. The van der Waals surface area contributed by atoms with Crippen LogP contribution in [0.25, 0.3) is 0 Å². The number of aromatic nitrogens is 1. The summed E-state index contributed by atoms with van der Waals surface area (Å²) in [4.78, 5) is 28.0. The number of esters is 1. The minimum Gasteiger partial charge on any atom is -0.490 e. The standard InChI is InChI=1S/C20H24N2O5/c1-4-6-14-17(20(24)25-3)12(2)21-18(14)19(23)22-13-7-8-15-16(11-13)27-10-5-9-26-15/h7-8,11,21H,4-6,9-10H2,1-3H3,(H,22,23). The predicted octanol–water partition coefficient (Wildman–Crippen LogP) is 3.48. The fourth-order valence-corrected chi connectivity index (χ4v) is 3.18. The first kappa shape index (κ1) is 18.8. The summed E-state index contributed by atoms with van der Waals surface area (Å²) in [5.41, 5.74) is 2.70. The molecule has 2 N–H and O–H groups in total. The fourth-order valence-electron chi connectivity index (χ4n) is 3.18. The third-order valence-corrected chi connectivity index (χ3v) is 4.41. The third-order valence-electron chi connectivity index (χ3n) is 4.41. The molecule has 1 amide bonds. The van der Waals surface area contributed by atoms with E-state index in [4.69, 9.17) is 14.2 Å². The summed E-state index contributed by atoms with van der Waals surface area (Å²) >= 11 is 0. The maximum Gasteiger partial charge on any atom is 0.339 e. The number of nitrogens with one attached hydrogen (secondary N) is 2. The molecule has 1 aromatic heterocycles. The number of fused-ring (bicyclic) bond motifs is 1. The van der Waals surface area contributed by atoms with E-state index in [1.54, 1.807) is 25.1 Å². The number of ether oxygens (including phenoxy) is 3. The number of carbonyl (C=O) groups excluding carboxylic acids is 2. The molecule has 0 radical (unpaired) electrons. The molecule has 7 heteroatoms. The van der Waals surface area contributed by atoms with Gasteiger partial charge in [-0.2, -0.15) is 0 Å². The average Bonchev–Trinajstić information content (AvgIpc) is 2.83. The van der Waals surface area contributed by atoms with Gasteiger partial charge in [0.15, 0.2) is 11.5 Å². The molecule has 0 bridgehead atoms. The minimum atomic E-state index is -0.443. The molecule has 1 aliphatic heterocycles. The number of hydrogen-bond acceptors (Lipinski definition) is 5. The van der Waals surface area contributed by atoms with Crippen LogP contribution in [0, 0.1) is 6.92 Å². The molecule has 0 unspecified atom stereocenters. The Morgan fingerprint density at radius 1 is 1.22 bits per heavy atom. The summed E-state index contributed by atoms with van der Waals surface area (Å²) < 4.78 is 16.1. The quantitative estimate of drug-likeness (QED) is 0.785. The number of hydrogen-bond donors (Lipinski definition) is 2. The Kier molecular flexibility index (Phi) is 5.69. The Labute approximate surface area is 158 Å². The zero-order valence-corrected chi connectivity index (χ0v) is 15.8. The van der Waals surface area contributed by atoms with Gasteiger partial charge in [0, 0.05) is 23.9 Å². The second-order valence-corrected chi connectivity index (χ2v) is 6.39. The highest BCUT2D eigenvalue weighted by molar-refractivity contribution is 6.07. The van der Waals surface area contributed by atoms with Gasteiger partial charge in [0.05, 0.1) is 25.9 Å². The topological polar surface area (TPSA) is 89.7 Å². The van der Waals surface area contributed by atoms with E-state index in [2.05, 4.69) is 10.3 Å². The number of carbonyl (C=O) groups is 2. The van der Waals surface area contributed by atoms with E-state index in [9.17, 15) is 9.59 Å². The van der Waals surface area contributed by atoms with Crippen molar-refractivity contribution in [3.05, 3.63) is 40.7 Å². The number of amides is 1. The molecule has 0 spiro atoms. The van der Waals surface area contributed by atoms with E-state index in [0.29, 0.717) is 59.3 Å². The van der Waals surface area contributed by atoms with Gasteiger partial charge in [-0.05, 0) is 31.0 Å². The lowest BCUT2D eigenvalue weighted by Gasteiger charge is -2.11. The van der Waals surface area contributed by atoms with Crippen LogP contribution in [0.3, 0.4) is 0 Å². The van der Waals surface area contributed by atoms with Crippen molar-refractivity contribution in [2.45, 2.75) is 33.1 Å². The van der Waals surface area contributed by atoms with Gasteiger partial charge in [-0.1, -0.05) is 13.3 Å². The van der Waals surface area contributed by atoms with E-state index in [0.717, 1.165) is 12.8 Å². The van der Waals surface area contributed by atoms with Crippen molar-refractivity contribution in [3.63, 3.8) is 0 Å². The van der Waals surface area contributed by atoms with Crippen molar-refractivity contribution < 1.29 is 23.8 Å². The molecule has 0 saturated carbocycles. The normalized spacial score (nSPS) is 13.0. The van der Waals surface area contributed by atoms with Gasteiger partial charge in [-0.25, -0.2) is 4.79 Å². The smallest absolute Gasteiger partial charge is 0.339 e. The molecule has 1 aliphatic rings. The Balaban J connectivity index is 1.88. The van der Waals surface area contributed by atoms with Crippen molar-refractivity contribution in [1.29, 1.82) is 0 Å². The van der Waals surface area contributed by atoms with Crippen LogP contribution in [0.2, 0.25) is 0 Å². The molecule has 27 heavy (non-hydrogen) atoms. The molecule has 0 saturated heterocycles. The largest absolute Gasteiger partial charge is 0.490 e. The van der Waals surface area contributed by atoms with Crippen molar-refractivity contribution in [2.24, 2.45) is 0 Å². The zero-order chi connectivity index (χ0) is 19.4. The third kappa shape index (κ3) is 3.92. The van der Waals surface area contributed by atoms with Crippen molar-refractivity contribution in [1.82, 2.24) is 4.98 Å². The highest BCUT2D eigenvalue weighted by atomic mass is 16.5. The Bertz CT molecular complexity index is 856. The van der Waals surface area contributed by atoms with E-state index < -0.39 is 5.97 Å². The molecule has 0 fully saturated rings. The maximum absolute atomic E-state index is 12.9. The van der Waals surface area contributed by atoms with Crippen LogP contribution in [0.4, 0.5) is 5.69 Å². The van der Waals surface area contributed by atoms with Crippen molar-refractivity contribution in [3.8, 4) is 11.5 Å². The number of aryl methyl sites for hydroxylation is 1. The van der Waals surface area contributed by atoms with Crippen LogP contribution >= 0.6 is 0 Å². The summed E-state index contributed by atoms with van der Waals surface area (Å²) in [5, 5.41) is 2.87. The van der Waals surface area contributed by atoms with Crippen LogP contribution in [0.5, 0.6) is 11.5 Å². The minimum absolute atomic E-state index is 0.314. The van der Waals surface area contributed by atoms with Gasteiger partial charge in [-0.3, -0.25) is 4.79 Å². The maximum atomic E-state index is 12.9. The first-order chi connectivity index (χ1) is 13.0. The van der Waals surface area contributed by atoms with Gasteiger partial charge in [-0.15, -0.1) is 0 Å². The molecule has 7 nitrogen and oxygen atoms in total. The number of aromatic amines is 1. The lowest BCUT2D eigenvalue weighted by Crippen LogP contribution is -2.15. The Morgan fingerprint density at radius 3 is 2.67 bits per heavy atom. The SMILES string of the molecule is CCCc1c(C(=O)Nc2ccc3c(c2)OCCCO3)[nH]c(C)c1C(=O)OC. The summed E-state index contributed by atoms with van der Waals surface area (Å²) in [6.07, 6.45) is 2.21. The second kappa shape index (κ2) is 8.16. The zero-order valence-electron chi connectivity index (χ0n) is 15.8. The molecule has 2 aromatic rings. The highest BCUT2D eigenvalue weighted by Gasteiger charge is 2.25. The predicted molar refractivity (Wildman–Crippen MR) is 101 cm³/mol. The van der Waals surface area contributed by atoms with Crippen LogP contribution in [-0.4, -0.2) is 37.2 Å². The van der Waals surface area contributed by atoms with Gasteiger partial charge in [0.1, 0.15) is 5.69 Å². The highest BCUT2D eigenvalue weighted by Crippen LogP contribution is 2.32. The summed E-state index contributed by atoms with van der Waals surface area (Å²) in [6, 6.07) is 5.29. The average molecular weight is 372 g/mol. The number of H-pyrrole nitrogens is 1. The molecular weight excluding hydrogens is 348 g/mol. The van der Waals surface area contributed by atoms with E-state index in [1.165, 1.54) is 7.11 Å². The van der Waals surface area contributed by atoms with Crippen LogP contribution in [0.1, 0.15) is 51.9 Å². The van der Waals surface area contributed by atoms with E-state index >= 15 is 0 Å². The first-order valence-electron chi connectivity index (χ1n) is 9.05. The summed E-state index contributed by atoms with van der Waals surface area (Å²) in [5.74, 6) is 0.519. The second-order valence-electron chi connectivity index (χ2n) is 6.39. The molecule has 1 aromatic carbocycles. The lowest BCUT2D eigenvalue weighted by atomic mass is 10.0. The number of methoxy groups -OCH3 is 1. The van der Waals surface area contributed by atoms with Gasteiger partial charge in [0.2, 0.25) is 0 Å². The Hall–Kier alpha value is -2.96. The van der Waals surface area contributed by atoms with E-state index in [1.807, 2.05) is 6.92 Å². The monoisotopic (exact) mass is 372 g/mol. The number of anilines is 1. The molecule has 144 valence electrons. The van der Waals surface area contributed by atoms with E-state index in [-0.39, 0.29) is 5.91 Å². The molecule has 0 atom stereocenters. The van der Waals surface area contributed by atoms with Crippen molar-refractivity contribution in [2.75, 3.05) is 25.6 Å². The van der Waals surface area contributed by atoms with Crippen molar-refractivity contribution >= 4 is 17.6 Å². The van der Waals surface area contributed by atoms with Crippen LogP contribution in [-0.2, 0) is 11.2 Å². The summed E-state index contributed by atoms with van der Waals surface area (Å²) in [6.45, 7) is 4.94. The first-order valence-corrected chi connectivity index (χ1v) is 9.05. The molecule has 2 heterocycles. The van der Waals surface area contributed by atoms with Gasteiger partial charge >= 0.3 is 5.97 Å². The molecule has 0 aliphatic carbocycles. The van der Waals surface area contributed by atoms with Gasteiger partial charge < -0.3 is 24.5 Å². The molecular formula is C20H24N2O5. The number of rotatable bonds is 5.